The molecule has 0 radical (unpaired) electrons. The number of nitrogens with zero attached hydrogens (tertiary/aromatic N) is 2. The molecular formula is C17H16N2O. The molecule has 1 aromatic heterocycles. The van der Waals surface area contributed by atoms with E-state index < -0.39 is 0 Å². The van der Waals surface area contributed by atoms with E-state index in [1.807, 2.05) is 48.9 Å². The fraction of sp³-hybridized carbons (Fsp3) is 0.118. The maximum Gasteiger partial charge on any atom is 0.0954 e. The highest BCUT2D eigenvalue weighted by atomic mass is 16.3. The van der Waals surface area contributed by atoms with Crippen molar-refractivity contribution in [1.82, 2.24) is 9.55 Å². The highest BCUT2D eigenvalue weighted by molar-refractivity contribution is 5.35. The molecule has 1 heterocycles. The Bertz CT molecular complexity index is 662. The molecule has 0 spiro atoms. The lowest BCUT2D eigenvalue weighted by molar-refractivity contribution is 0.281. The van der Waals surface area contributed by atoms with E-state index in [2.05, 4.69) is 27.8 Å². The first-order valence-electron chi connectivity index (χ1n) is 6.60. The third-order valence-electron chi connectivity index (χ3n) is 3.39. The largest absolute Gasteiger partial charge is 0.392 e. The van der Waals surface area contributed by atoms with Gasteiger partial charge in [-0.3, -0.25) is 0 Å². The smallest absolute Gasteiger partial charge is 0.0954 e. The van der Waals surface area contributed by atoms with Crippen molar-refractivity contribution in [1.29, 1.82) is 0 Å². The molecule has 0 aliphatic carbocycles. The molecule has 1 unspecified atom stereocenters. The molecule has 3 rings (SSSR count). The maximum absolute atomic E-state index is 9.33. The highest BCUT2D eigenvalue weighted by Gasteiger charge is 2.15. The van der Waals surface area contributed by atoms with Gasteiger partial charge >= 0.3 is 0 Å². The summed E-state index contributed by atoms with van der Waals surface area (Å²) in [5, 5.41) is 9.33. The van der Waals surface area contributed by atoms with E-state index in [9.17, 15) is 5.11 Å². The summed E-state index contributed by atoms with van der Waals surface area (Å²) >= 11 is 0. The molecule has 100 valence electrons. The minimum atomic E-state index is 0.0548. The van der Waals surface area contributed by atoms with Crippen molar-refractivity contribution in [2.45, 2.75) is 12.6 Å². The second-order valence-corrected chi connectivity index (χ2v) is 4.73. The summed E-state index contributed by atoms with van der Waals surface area (Å²) in [5.41, 5.74) is 3.25. The van der Waals surface area contributed by atoms with Crippen LogP contribution >= 0.6 is 0 Å². The monoisotopic (exact) mass is 264 g/mol. The summed E-state index contributed by atoms with van der Waals surface area (Å²) in [5.74, 6) is 0. The van der Waals surface area contributed by atoms with Crippen LogP contribution in [0.4, 0.5) is 0 Å². The third kappa shape index (κ3) is 2.49. The molecule has 0 fully saturated rings. The van der Waals surface area contributed by atoms with Crippen LogP contribution in [0.5, 0.6) is 0 Å². The molecular weight excluding hydrogens is 248 g/mol. The Morgan fingerprint density at radius 1 is 1.00 bits per heavy atom. The SMILES string of the molecule is OCc1cccc(C(c2ccccc2)n2ccnc2)c1. The van der Waals surface area contributed by atoms with E-state index in [-0.39, 0.29) is 12.6 Å². The van der Waals surface area contributed by atoms with Crippen molar-refractivity contribution in [3.05, 3.63) is 90.0 Å². The van der Waals surface area contributed by atoms with Gasteiger partial charge in [-0.2, -0.15) is 0 Å². The normalized spacial score (nSPS) is 12.2. The molecule has 1 N–H and O–H groups in total. The lowest BCUT2D eigenvalue weighted by atomic mass is 9.97. The number of benzene rings is 2. The van der Waals surface area contributed by atoms with Crippen LogP contribution < -0.4 is 0 Å². The number of aliphatic hydroxyl groups is 1. The first-order chi connectivity index (χ1) is 9.88. The van der Waals surface area contributed by atoms with Crippen LogP contribution in [0.2, 0.25) is 0 Å². The number of hydrogen-bond acceptors (Lipinski definition) is 2. The van der Waals surface area contributed by atoms with E-state index in [1.54, 1.807) is 6.20 Å². The van der Waals surface area contributed by atoms with Crippen molar-refractivity contribution in [3.63, 3.8) is 0 Å². The fourth-order valence-corrected chi connectivity index (χ4v) is 2.46. The van der Waals surface area contributed by atoms with Gasteiger partial charge in [0.05, 0.1) is 19.0 Å². The zero-order valence-electron chi connectivity index (χ0n) is 11.1. The highest BCUT2D eigenvalue weighted by Crippen LogP contribution is 2.26. The lowest BCUT2D eigenvalue weighted by Gasteiger charge is -2.20. The predicted molar refractivity (Wildman–Crippen MR) is 78.3 cm³/mol. The Morgan fingerprint density at radius 2 is 1.80 bits per heavy atom. The van der Waals surface area contributed by atoms with Gasteiger partial charge in [-0.25, -0.2) is 4.98 Å². The Balaban J connectivity index is 2.10. The van der Waals surface area contributed by atoms with Gasteiger partial charge in [0.1, 0.15) is 0 Å². The maximum atomic E-state index is 9.33. The molecule has 0 saturated heterocycles. The van der Waals surface area contributed by atoms with Gasteiger partial charge < -0.3 is 9.67 Å². The number of hydrogen-bond donors (Lipinski definition) is 1. The van der Waals surface area contributed by atoms with Gasteiger partial charge in [0, 0.05) is 12.4 Å². The predicted octanol–water partition coefficient (Wildman–Crippen LogP) is 3.01. The second-order valence-electron chi connectivity index (χ2n) is 4.73. The molecule has 0 amide bonds. The average Bonchev–Trinajstić information content (AvgIpc) is 3.03. The quantitative estimate of drug-likeness (QED) is 0.786. The van der Waals surface area contributed by atoms with Crippen LogP contribution in [0.3, 0.4) is 0 Å². The molecule has 20 heavy (non-hydrogen) atoms. The Hall–Kier alpha value is -2.39. The molecule has 0 bridgehead atoms. The van der Waals surface area contributed by atoms with E-state index in [0.29, 0.717) is 0 Å². The van der Waals surface area contributed by atoms with Crippen LogP contribution in [-0.2, 0) is 6.61 Å². The first-order valence-corrected chi connectivity index (χ1v) is 6.60. The van der Waals surface area contributed by atoms with E-state index in [1.165, 1.54) is 5.56 Å². The van der Waals surface area contributed by atoms with E-state index in [0.717, 1.165) is 11.1 Å². The van der Waals surface area contributed by atoms with Crippen molar-refractivity contribution in [2.75, 3.05) is 0 Å². The lowest BCUT2D eigenvalue weighted by Crippen LogP contribution is -2.10. The van der Waals surface area contributed by atoms with Crippen molar-refractivity contribution in [2.24, 2.45) is 0 Å². The molecule has 1 atom stereocenters. The second kappa shape index (κ2) is 5.72. The molecule has 0 aliphatic rings. The minimum Gasteiger partial charge on any atom is -0.392 e. The van der Waals surface area contributed by atoms with Gasteiger partial charge in [0.15, 0.2) is 0 Å². The molecule has 3 heteroatoms. The van der Waals surface area contributed by atoms with Crippen LogP contribution in [0.15, 0.2) is 73.3 Å². The Kier molecular flexibility index (Phi) is 3.61. The zero-order valence-corrected chi connectivity index (χ0v) is 11.1. The summed E-state index contributed by atoms with van der Waals surface area (Å²) in [6, 6.07) is 18.4. The average molecular weight is 264 g/mol. The summed E-state index contributed by atoms with van der Waals surface area (Å²) in [6.07, 6.45) is 5.57. The molecule has 0 aliphatic heterocycles. The van der Waals surface area contributed by atoms with Gasteiger partial charge in [-0.1, -0.05) is 54.6 Å². The van der Waals surface area contributed by atoms with Crippen LogP contribution in [0.1, 0.15) is 22.7 Å². The van der Waals surface area contributed by atoms with Crippen molar-refractivity contribution in [3.8, 4) is 0 Å². The minimum absolute atomic E-state index is 0.0548. The third-order valence-corrected chi connectivity index (χ3v) is 3.39. The summed E-state index contributed by atoms with van der Waals surface area (Å²) in [4.78, 5) is 4.15. The van der Waals surface area contributed by atoms with E-state index >= 15 is 0 Å². The van der Waals surface area contributed by atoms with Crippen LogP contribution in [-0.4, -0.2) is 14.7 Å². The number of aromatic nitrogens is 2. The van der Waals surface area contributed by atoms with Crippen molar-refractivity contribution >= 4 is 0 Å². The Morgan fingerprint density at radius 3 is 2.50 bits per heavy atom. The number of imidazole rings is 1. The molecule has 3 nitrogen and oxygen atoms in total. The van der Waals surface area contributed by atoms with Gasteiger partial charge in [0.25, 0.3) is 0 Å². The first kappa shape index (κ1) is 12.6. The summed E-state index contributed by atoms with van der Waals surface area (Å²) in [6.45, 7) is 0.0548. The number of aliphatic hydroxyl groups excluding tert-OH is 1. The number of rotatable bonds is 4. The van der Waals surface area contributed by atoms with E-state index in [4.69, 9.17) is 0 Å². The standard InChI is InChI=1S/C17H16N2O/c20-12-14-5-4-8-16(11-14)17(19-10-9-18-13-19)15-6-2-1-3-7-15/h1-11,13,17,20H,12H2. The summed E-state index contributed by atoms with van der Waals surface area (Å²) < 4.78 is 2.08. The zero-order chi connectivity index (χ0) is 13.8. The molecule has 0 saturated carbocycles. The van der Waals surface area contributed by atoms with Crippen LogP contribution in [0.25, 0.3) is 0 Å². The van der Waals surface area contributed by atoms with Gasteiger partial charge in [0.2, 0.25) is 0 Å². The molecule has 2 aromatic carbocycles. The van der Waals surface area contributed by atoms with Crippen LogP contribution in [0, 0.1) is 0 Å². The van der Waals surface area contributed by atoms with Gasteiger partial charge in [-0.15, -0.1) is 0 Å². The van der Waals surface area contributed by atoms with Gasteiger partial charge in [-0.05, 0) is 16.7 Å². The summed E-state index contributed by atoms with van der Waals surface area (Å²) in [7, 11) is 0. The van der Waals surface area contributed by atoms with Crippen molar-refractivity contribution < 1.29 is 5.11 Å². The topological polar surface area (TPSA) is 38.0 Å². The fourth-order valence-electron chi connectivity index (χ4n) is 2.46. The molecule has 3 aromatic rings. The Labute approximate surface area is 118 Å².